The Morgan fingerprint density at radius 3 is 2.74 bits per heavy atom. The SMILES string of the molecule is C=C1NC(=O)CCC1N1Cc2cc(CNC(=O)NC(C)(C)C)ccc2C1=O. The first-order valence-corrected chi connectivity index (χ1v) is 9.11. The summed E-state index contributed by atoms with van der Waals surface area (Å²) in [6.45, 7) is 10.5. The minimum Gasteiger partial charge on any atom is -0.334 e. The molecule has 1 aromatic rings. The first-order chi connectivity index (χ1) is 12.6. The van der Waals surface area contributed by atoms with E-state index >= 15 is 0 Å². The van der Waals surface area contributed by atoms with Crippen LogP contribution in [-0.4, -0.2) is 34.3 Å². The van der Waals surface area contributed by atoms with Crippen molar-refractivity contribution in [2.75, 3.05) is 0 Å². The molecule has 0 radical (unpaired) electrons. The van der Waals surface area contributed by atoms with Gasteiger partial charge < -0.3 is 20.9 Å². The Balaban J connectivity index is 1.66. The Kier molecular flexibility index (Phi) is 4.95. The average molecular weight is 370 g/mol. The van der Waals surface area contributed by atoms with Gasteiger partial charge in [-0.3, -0.25) is 9.59 Å². The number of carbonyl (C=O) groups is 3. The van der Waals surface area contributed by atoms with Crippen molar-refractivity contribution in [3.05, 3.63) is 47.2 Å². The Labute approximate surface area is 159 Å². The molecule has 0 bridgehead atoms. The maximum absolute atomic E-state index is 12.7. The zero-order valence-electron chi connectivity index (χ0n) is 16.0. The summed E-state index contributed by atoms with van der Waals surface area (Å²) in [6, 6.07) is 5.21. The molecular weight excluding hydrogens is 344 g/mol. The molecule has 4 amide bonds. The minimum atomic E-state index is -0.299. The summed E-state index contributed by atoms with van der Waals surface area (Å²) in [6.07, 6.45) is 0.980. The highest BCUT2D eigenvalue weighted by molar-refractivity contribution is 5.99. The van der Waals surface area contributed by atoms with Gasteiger partial charge in [0.25, 0.3) is 5.91 Å². The van der Waals surface area contributed by atoms with Crippen LogP contribution in [-0.2, 0) is 17.9 Å². The maximum atomic E-state index is 12.7. The van der Waals surface area contributed by atoms with Crippen LogP contribution in [0.4, 0.5) is 4.79 Å². The third kappa shape index (κ3) is 4.30. The number of hydrogen-bond donors (Lipinski definition) is 3. The van der Waals surface area contributed by atoms with E-state index < -0.39 is 0 Å². The molecule has 7 nitrogen and oxygen atoms in total. The lowest BCUT2D eigenvalue weighted by atomic mass is 10.0. The van der Waals surface area contributed by atoms with Crippen LogP contribution in [0.1, 0.15) is 55.1 Å². The van der Waals surface area contributed by atoms with Crippen LogP contribution in [0.5, 0.6) is 0 Å². The van der Waals surface area contributed by atoms with Gasteiger partial charge in [-0.2, -0.15) is 0 Å². The van der Waals surface area contributed by atoms with Crippen LogP contribution < -0.4 is 16.0 Å². The van der Waals surface area contributed by atoms with Gasteiger partial charge in [0.15, 0.2) is 0 Å². The predicted molar refractivity (Wildman–Crippen MR) is 102 cm³/mol. The molecule has 3 rings (SSSR count). The molecule has 1 atom stereocenters. The molecule has 0 saturated carbocycles. The van der Waals surface area contributed by atoms with Gasteiger partial charge in [0.2, 0.25) is 5.91 Å². The third-order valence-electron chi connectivity index (χ3n) is 4.67. The quantitative estimate of drug-likeness (QED) is 0.760. The van der Waals surface area contributed by atoms with E-state index in [1.165, 1.54) is 0 Å². The summed E-state index contributed by atoms with van der Waals surface area (Å²) in [4.78, 5) is 37.9. The molecule has 144 valence electrons. The number of urea groups is 1. The molecule has 1 aromatic carbocycles. The molecule has 27 heavy (non-hydrogen) atoms. The Bertz CT molecular complexity index is 810. The molecule has 2 aliphatic heterocycles. The summed E-state index contributed by atoms with van der Waals surface area (Å²) >= 11 is 0. The number of carbonyl (C=O) groups excluding carboxylic acids is 3. The van der Waals surface area contributed by atoms with Gasteiger partial charge in [0.1, 0.15) is 0 Å². The van der Waals surface area contributed by atoms with Crippen molar-refractivity contribution in [1.82, 2.24) is 20.9 Å². The summed E-state index contributed by atoms with van der Waals surface area (Å²) in [7, 11) is 0. The fourth-order valence-corrected chi connectivity index (χ4v) is 3.44. The highest BCUT2D eigenvalue weighted by atomic mass is 16.2. The zero-order chi connectivity index (χ0) is 19.8. The van der Waals surface area contributed by atoms with Crippen molar-refractivity contribution in [1.29, 1.82) is 0 Å². The number of hydrogen-bond acceptors (Lipinski definition) is 3. The lowest BCUT2D eigenvalue weighted by Gasteiger charge is -2.32. The van der Waals surface area contributed by atoms with Gasteiger partial charge in [-0.05, 0) is 44.4 Å². The van der Waals surface area contributed by atoms with Gasteiger partial charge in [-0.25, -0.2) is 4.79 Å². The van der Waals surface area contributed by atoms with Gasteiger partial charge >= 0.3 is 6.03 Å². The molecule has 1 fully saturated rings. The lowest BCUT2D eigenvalue weighted by molar-refractivity contribution is -0.121. The van der Waals surface area contributed by atoms with Crippen LogP contribution in [0.15, 0.2) is 30.5 Å². The molecule has 7 heteroatoms. The summed E-state index contributed by atoms with van der Waals surface area (Å²) in [5, 5.41) is 8.42. The van der Waals surface area contributed by atoms with E-state index in [4.69, 9.17) is 0 Å². The molecule has 3 N–H and O–H groups in total. The molecular formula is C20H26N4O3. The average Bonchev–Trinajstić information content (AvgIpc) is 2.88. The van der Waals surface area contributed by atoms with Gasteiger partial charge in [0, 0.05) is 36.3 Å². The second-order valence-corrected chi connectivity index (χ2v) is 8.11. The molecule has 2 aliphatic rings. The fraction of sp³-hybridized carbons (Fsp3) is 0.450. The molecule has 0 aromatic heterocycles. The van der Waals surface area contributed by atoms with Crippen molar-refractivity contribution in [3.8, 4) is 0 Å². The van der Waals surface area contributed by atoms with Gasteiger partial charge in [0.05, 0.1) is 6.04 Å². The molecule has 1 saturated heterocycles. The highest BCUT2D eigenvalue weighted by Crippen LogP contribution is 2.30. The number of rotatable bonds is 3. The van der Waals surface area contributed by atoms with Gasteiger partial charge in [-0.1, -0.05) is 18.7 Å². The normalized spacial score (nSPS) is 19.6. The molecule has 1 unspecified atom stereocenters. The number of nitrogens with one attached hydrogen (secondary N) is 3. The van der Waals surface area contributed by atoms with E-state index in [0.717, 1.165) is 11.1 Å². The smallest absolute Gasteiger partial charge is 0.315 e. The minimum absolute atomic E-state index is 0.0442. The topological polar surface area (TPSA) is 90.5 Å². The molecule has 0 aliphatic carbocycles. The predicted octanol–water partition coefficient (Wildman–Crippen LogP) is 2.03. The van der Waals surface area contributed by atoms with Crippen LogP contribution in [0.3, 0.4) is 0 Å². The lowest BCUT2D eigenvalue weighted by Crippen LogP contribution is -2.46. The molecule has 0 spiro atoms. The Hall–Kier alpha value is -2.83. The number of piperidine rings is 1. The number of amides is 4. The second kappa shape index (κ2) is 7.06. The Morgan fingerprint density at radius 2 is 2.07 bits per heavy atom. The van der Waals surface area contributed by atoms with Crippen molar-refractivity contribution < 1.29 is 14.4 Å². The van der Waals surface area contributed by atoms with Crippen molar-refractivity contribution in [2.24, 2.45) is 0 Å². The maximum Gasteiger partial charge on any atom is 0.315 e. The van der Waals surface area contributed by atoms with Crippen LogP contribution in [0.2, 0.25) is 0 Å². The van der Waals surface area contributed by atoms with E-state index in [-0.39, 0.29) is 29.4 Å². The number of nitrogens with zero attached hydrogens (tertiary/aromatic N) is 1. The standard InChI is InChI=1S/C20H26N4O3/c1-12-16(7-8-17(25)22-12)24-11-14-9-13(5-6-15(14)18(24)26)10-21-19(27)23-20(2,3)4/h5-6,9,16H,1,7-8,10-11H2,2-4H3,(H,22,25)(H2,21,23,27). The van der Waals surface area contributed by atoms with Gasteiger partial charge in [-0.15, -0.1) is 0 Å². The zero-order valence-corrected chi connectivity index (χ0v) is 16.0. The fourth-order valence-electron chi connectivity index (χ4n) is 3.44. The second-order valence-electron chi connectivity index (χ2n) is 8.11. The first-order valence-electron chi connectivity index (χ1n) is 9.11. The van der Waals surface area contributed by atoms with E-state index in [0.29, 0.717) is 37.2 Å². The van der Waals surface area contributed by atoms with Crippen LogP contribution in [0, 0.1) is 0 Å². The van der Waals surface area contributed by atoms with Crippen LogP contribution >= 0.6 is 0 Å². The highest BCUT2D eigenvalue weighted by Gasteiger charge is 2.36. The number of fused-ring (bicyclic) bond motifs is 1. The van der Waals surface area contributed by atoms with E-state index in [1.807, 2.05) is 32.9 Å². The van der Waals surface area contributed by atoms with E-state index in [1.54, 1.807) is 11.0 Å². The van der Waals surface area contributed by atoms with Crippen LogP contribution in [0.25, 0.3) is 0 Å². The monoisotopic (exact) mass is 370 g/mol. The largest absolute Gasteiger partial charge is 0.334 e. The van der Waals surface area contributed by atoms with Crippen molar-refractivity contribution in [3.63, 3.8) is 0 Å². The summed E-state index contributed by atoms with van der Waals surface area (Å²) in [5.74, 6) is -0.0976. The van der Waals surface area contributed by atoms with E-state index in [2.05, 4.69) is 22.5 Å². The van der Waals surface area contributed by atoms with Crippen molar-refractivity contribution in [2.45, 2.75) is 58.3 Å². The summed E-state index contributed by atoms with van der Waals surface area (Å²) < 4.78 is 0. The van der Waals surface area contributed by atoms with Crippen molar-refractivity contribution >= 4 is 17.8 Å². The summed E-state index contributed by atoms with van der Waals surface area (Å²) in [5.41, 5.74) is 2.81. The Morgan fingerprint density at radius 1 is 1.33 bits per heavy atom. The number of benzene rings is 1. The molecule has 2 heterocycles. The third-order valence-corrected chi connectivity index (χ3v) is 4.67. The van der Waals surface area contributed by atoms with E-state index in [9.17, 15) is 14.4 Å². The first kappa shape index (κ1) is 18.9.